The molecule has 0 bridgehead atoms. The van der Waals surface area contributed by atoms with Crippen LogP contribution in [0.15, 0.2) is 53.2 Å². The molecule has 0 aliphatic heterocycles. The SMILES string of the molecule is Cn1cc(-c2cnc(N)c(/C(=N/N=N)Nc3cccc(F)c3F)c2)cn1. The number of aryl methyl sites for hydroxylation is 1. The van der Waals surface area contributed by atoms with E-state index in [4.69, 9.17) is 11.3 Å². The second kappa shape index (κ2) is 7.05. The normalized spacial score (nSPS) is 11.4. The Kier molecular flexibility index (Phi) is 4.65. The number of rotatable bonds is 4. The molecule has 0 radical (unpaired) electrons. The minimum absolute atomic E-state index is 0.0414. The number of nitrogens with two attached hydrogens (primary N) is 1. The van der Waals surface area contributed by atoms with Crippen LogP contribution in [-0.4, -0.2) is 20.6 Å². The smallest absolute Gasteiger partial charge is 0.182 e. The van der Waals surface area contributed by atoms with Crippen LogP contribution in [0, 0.1) is 17.2 Å². The first kappa shape index (κ1) is 17.1. The summed E-state index contributed by atoms with van der Waals surface area (Å²) in [7, 11) is 1.77. The number of amidine groups is 1. The maximum absolute atomic E-state index is 13.9. The Morgan fingerprint density at radius 2 is 2.08 bits per heavy atom. The third kappa shape index (κ3) is 3.38. The molecule has 0 aliphatic rings. The summed E-state index contributed by atoms with van der Waals surface area (Å²) in [5, 5.41) is 13.3. The van der Waals surface area contributed by atoms with Crippen molar-refractivity contribution in [1.82, 2.24) is 14.8 Å². The molecule has 10 heteroatoms. The summed E-state index contributed by atoms with van der Waals surface area (Å²) in [5.74, 6) is -2.06. The minimum atomic E-state index is -1.08. The highest BCUT2D eigenvalue weighted by molar-refractivity contribution is 6.11. The van der Waals surface area contributed by atoms with Gasteiger partial charge in [0.15, 0.2) is 17.5 Å². The van der Waals surface area contributed by atoms with Gasteiger partial charge in [-0.3, -0.25) is 4.68 Å². The lowest BCUT2D eigenvalue weighted by Crippen LogP contribution is -2.17. The van der Waals surface area contributed by atoms with E-state index in [0.717, 1.165) is 11.6 Å². The van der Waals surface area contributed by atoms with E-state index in [1.807, 2.05) is 0 Å². The second-order valence-electron chi connectivity index (χ2n) is 5.33. The van der Waals surface area contributed by atoms with Crippen LogP contribution in [0.2, 0.25) is 0 Å². The lowest BCUT2D eigenvalue weighted by atomic mass is 10.1. The standard InChI is InChI=1S/C16H14F2N8/c1-26-8-10(7-22-26)9-5-11(15(19)21-6-9)16(24-25-20)23-13-4-2-3-12(17)14(13)18/h2-8H,1H3,(H2,19,21)(H2,20,23,24). The lowest BCUT2D eigenvalue weighted by Gasteiger charge is -2.12. The number of anilines is 2. The van der Waals surface area contributed by atoms with E-state index in [9.17, 15) is 8.78 Å². The van der Waals surface area contributed by atoms with Gasteiger partial charge in [0.25, 0.3) is 0 Å². The fourth-order valence-electron chi connectivity index (χ4n) is 2.32. The topological polar surface area (TPSA) is 117 Å². The van der Waals surface area contributed by atoms with Gasteiger partial charge < -0.3 is 11.1 Å². The average molecular weight is 356 g/mol. The second-order valence-corrected chi connectivity index (χ2v) is 5.33. The molecule has 1 aromatic carbocycles. The fourth-order valence-corrected chi connectivity index (χ4v) is 2.32. The Morgan fingerprint density at radius 1 is 1.27 bits per heavy atom. The molecule has 0 fully saturated rings. The number of nitrogens with zero attached hydrogens (tertiary/aromatic N) is 5. The van der Waals surface area contributed by atoms with Crippen molar-refractivity contribution in [3.05, 3.63) is 60.1 Å². The number of hydrogen-bond acceptors (Lipinski definition) is 5. The predicted molar refractivity (Wildman–Crippen MR) is 92.5 cm³/mol. The summed E-state index contributed by atoms with van der Waals surface area (Å²) in [6.07, 6.45) is 4.97. The summed E-state index contributed by atoms with van der Waals surface area (Å²) in [6, 6.07) is 5.30. The molecule has 2 aromatic heterocycles. The molecule has 3 aromatic rings. The fraction of sp³-hybridized carbons (Fsp3) is 0.0625. The van der Waals surface area contributed by atoms with Gasteiger partial charge in [0.2, 0.25) is 0 Å². The summed E-state index contributed by atoms with van der Waals surface area (Å²) >= 11 is 0. The van der Waals surface area contributed by atoms with E-state index in [-0.39, 0.29) is 22.9 Å². The van der Waals surface area contributed by atoms with Gasteiger partial charge in [-0.15, -0.1) is 5.10 Å². The molecule has 0 amide bonds. The number of nitrogen functional groups attached to an aromatic ring is 1. The quantitative estimate of drug-likeness (QED) is 0.288. The molecular weight excluding hydrogens is 342 g/mol. The largest absolute Gasteiger partial charge is 0.383 e. The van der Waals surface area contributed by atoms with Gasteiger partial charge >= 0.3 is 0 Å². The van der Waals surface area contributed by atoms with Crippen LogP contribution in [-0.2, 0) is 7.05 Å². The van der Waals surface area contributed by atoms with Crippen molar-refractivity contribution in [2.75, 3.05) is 11.1 Å². The molecule has 0 spiro atoms. The van der Waals surface area contributed by atoms with Crippen molar-refractivity contribution in [2.45, 2.75) is 0 Å². The zero-order valence-electron chi connectivity index (χ0n) is 13.6. The van der Waals surface area contributed by atoms with Gasteiger partial charge in [-0.05, 0) is 18.2 Å². The summed E-state index contributed by atoms with van der Waals surface area (Å²) in [6.45, 7) is 0. The Labute approximate surface area is 146 Å². The predicted octanol–water partition coefficient (Wildman–Crippen LogP) is 3.15. The Bertz CT molecular complexity index is 996. The summed E-state index contributed by atoms with van der Waals surface area (Å²) in [5.41, 5.74) is 14.5. The molecule has 0 saturated heterocycles. The maximum atomic E-state index is 13.9. The molecule has 4 N–H and O–H groups in total. The van der Waals surface area contributed by atoms with Crippen molar-refractivity contribution in [1.29, 1.82) is 5.53 Å². The number of nitrogens with one attached hydrogen (secondary N) is 2. The number of halogens is 2. The lowest BCUT2D eigenvalue weighted by molar-refractivity contribution is 0.512. The van der Waals surface area contributed by atoms with Crippen LogP contribution in [0.1, 0.15) is 5.56 Å². The van der Waals surface area contributed by atoms with Gasteiger partial charge in [-0.25, -0.2) is 13.8 Å². The Balaban J connectivity index is 2.04. The van der Waals surface area contributed by atoms with Crippen molar-refractivity contribution in [2.24, 2.45) is 17.4 Å². The number of pyridine rings is 1. The van der Waals surface area contributed by atoms with Crippen LogP contribution in [0.25, 0.3) is 11.1 Å². The van der Waals surface area contributed by atoms with Gasteiger partial charge in [0, 0.05) is 30.6 Å². The Morgan fingerprint density at radius 3 is 2.77 bits per heavy atom. The van der Waals surface area contributed by atoms with E-state index in [1.165, 1.54) is 12.1 Å². The number of benzene rings is 1. The molecule has 0 atom stereocenters. The van der Waals surface area contributed by atoms with Crippen molar-refractivity contribution < 1.29 is 8.78 Å². The van der Waals surface area contributed by atoms with Crippen LogP contribution >= 0.6 is 0 Å². The average Bonchev–Trinajstić information content (AvgIpc) is 3.05. The Hall–Kier alpha value is -3.69. The zero-order chi connectivity index (χ0) is 18.7. The monoisotopic (exact) mass is 356 g/mol. The highest BCUT2D eigenvalue weighted by atomic mass is 19.2. The first-order valence-electron chi connectivity index (χ1n) is 7.40. The first-order chi connectivity index (χ1) is 12.5. The molecule has 0 saturated carbocycles. The third-order valence-corrected chi connectivity index (χ3v) is 3.57. The molecule has 0 aliphatic carbocycles. The minimum Gasteiger partial charge on any atom is -0.383 e. The third-order valence-electron chi connectivity index (χ3n) is 3.57. The first-order valence-corrected chi connectivity index (χ1v) is 7.40. The van der Waals surface area contributed by atoms with Crippen LogP contribution < -0.4 is 11.1 Å². The molecule has 8 nitrogen and oxygen atoms in total. The molecule has 2 heterocycles. The van der Waals surface area contributed by atoms with Gasteiger partial charge in [-0.2, -0.15) is 10.6 Å². The molecule has 26 heavy (non-hydrogen) atoms. The zero-order valence-corrected chi connectivity index (χ0v) is 13.6. The van der Waals surface area contributed by atoms with Gasteiger partial charge in [-0.1, -0.05) is 11.3 Å². The van der Waals surface area contributed by atoms with Crippen LogP contribution in [0.3, 0.4) is 0 Å². The van der Waals surface area contributed by atoms with Crippen molar-refractivity contribution in [3.8, 4) is 11.1 Å². The molecular formula is C16H14F2N8. The van der Waals surface area contributed by atoms with E-state index in [2.05, 4.69) is 25.7 Å². The van der Waals surface area contributed by atoms with Gasteiger partial charge in [0.1, 0.15) is 5.82 Å². The van der Waals surface area contributed by atoms with E-state index < -0.39 is 11.6 Å². The van der Waals surface area contributed by atoms with E-state index in [1.54, 1.807) is 36.4 Å². The van der Waals surface area contributed by atoms with Crippen LogP contribution in [0.4, 0.5) is 20.3 Å². The van der Waals surface area contributed by atoms with E-state index >= 15 is 0 Å². The highest BCUT2D eigenvalue weighted by Gasteiger charge is 2.15. The summed E-state index contributed by atoms with van der Waals surface area (Å²) < 4.78 is 29.0. The summed E-state index contributed by atoms with van der Waals surface area (Å²) in [4.78, 5) is 4.10. The number of aromatic nitrogens is 3. The van der Waals surface area contributed by atoms with Crippen molar-refractivity contribution >= 4 is 17.3 Å². The van der Waals surface area contributed by atoms with E-state index in [0.29, 0.717) is 5.56 Å². The molecule has 3 rings (SSSR count). The van der Waals surface area contributed by atoms with Crippen LogP contribution in [0.5, 0.6) is 0 Å². The molecule has 132 valence electrons. The highest BCUT2D eigenvalue weighted by Crippen LogP contribution is 2.24. The van der Waals surface area contributed by atoms with Gasteiger partial charge in [0.05, 0.1) is 17.4 Å². The van der Waals surface area contributed by atoms with Crippen molar-refractivity contribution in [3.63, 3.8) is 0 Å². The molecule has 0 unspecified atom stereocenters. The number of hydrogen-bond donors (Lipinski definition) is 3. The maximum Gasteiger partial charge on any atom is 0.182 e.